The van der Waals surface area contributed by atoms with E-state index in [2.05, 4.69) is 9.97 Å². The summed E-state index contributed by atoms with van der Waals surface area (Å²) in [5.41, 5.74) is 1.85. The van der Waals surface area contributed by atoms with E-state index in [1.165, 1.54) is 18.3 Å². The standard InChI is InChI=1S/C14H9Cl3FN3/c15-4-3-13-20-11-5-8(16)7-19-14(11)21(13)12-2-1-9(18)6-10(12)17/h1-2,5-7H,3-4H2. The summed E-state index contributed by atoms with van der Waals surface area (Å²) in [6.45, 7) is 0. The van der Waals surface area contributed by atoms with Crippen LogP contribution in [-0.2, 0) is 6.42 Å². The first-order valence-corrected chi connectivity index (χ1v) is 7.43. The summed E-state index contributed by atoms with van der Waals surface area (Å²) >= 11 is 17.9. The Hall–Kier alpha value is -1.36. The second kappa shape index (κ2) is 5.79. The second-order valence-electron chi connectivity index (χ2n) is 4.39. The van der Waals surface area contributed by atoms with Crippen molar-refractivity contribution >= 4 is 46.0 Å². The van der Waals surface area contributed by atoms with Crippen LogP contribution in [0.1, 0.15) is 5.82 Å². The summed E-state index contributed by atoms with van der Waals surface area (Å²) in [5, 5.41) is 0.775. The highest BCUT2D eigenvalue weighted by Crippen LogP contribution is 2.28. The number of pyridine rings is 1. The van der Waals surface area contributed by atoms with E-state index < -0.39 is 5.82 Å². The third-order valence-electron chi connectivity index (χ3n) is 3.00. The lowest BCUT2D eigenvalue weighted by atomic mass is 10.3. The first-order valence-electron chi connectivity index (χ1n) is 6.14. The SMILES string of the molecule is Fc1ccc(-n2c(CCCl)nc3cc(Cl)cnc32)c(Cl)c1. The maximum absolute atomic E-state index is 13.2. The van der Waals surface area contributed by atoms with E-state index in [4.69, 9.17) is 34.8 Å². The Kier molecular flexibility index (Phi) is 4.02. The molecule has 0 fully saturated rings. The van der Waals surface area contributed by atoms with Gasteiger partial charge in [-0.05, 0) is 24.3 Å². The first-order chi connectivity index (χ1) is 10.1. The third kappa shape index (κ3) is 2.71. The number of hydrogen-bond acceptors (Lipinski definition) is 2. The van der Waals surface area contributed by atoms with Crippen molar-refractivity contribution < 1.29 is 4.39 Å². The Bertz CT molecular complexity index is 817. The minimum atomic E-state index is -0.400. The van der Waals surface area contributed by atoms with E-state index in [0.29, 0.717) is 40.0 Å². The maximum atomic E-state index is 13.2. The molecule has 3 aromatic rings. The molecule has 2 heterocycles. The molecule has 0 bridgehead atoms. The molecule has 108 valence electrons. The van der Waals surface area contributed by atoms with Crippen LogP contribution < -0.4 is 0 Å². The fourth-order valence-corrected chi connectivity index (χ4v) is 2.73. The molecule has 0 atom stereocenters. The molecule has 0 radical (unpaired) electrons. The van der Waals surface area contributed by atoms with Crippen LogP contribution in [0.15, 0.2) is 30.5 Å². The molecular formula is C14H9Cl3FN3. The van der Waals surface area contributed by atoms with Gasteiger partial charge in [0.25, 0.3) is 0 Å². The number of imidazole rings is 1. The molecule has 0 aliphatic heterocycles. The van der Waals surface area contributed by atoms with Crippen molar-refractivity contribution in [2.24, 2.45) is 0 Å². The molecule has 3 rings (SSSR count). The summed E-state index contributed by atoms with van der Waals surface area (Å²) in [7, 11) is 0. The minimum Gasteiger partial charge on any atom is -0.279 e. The van der Waals surface area contributed by atoms with Crippen LogP contribution in [-0.4, -0.2) is 20.4 Å². The average Bonchev–Trinajstić information content (AvgIpc) is 2.76. The molecule has 0 N–H and O–H groups in total. The highest BCUT2D eigenvalue weighted by atomic mass is 35.5. The summed E-state index contributed by atoms with van der Waals surface area (Å²) < 4.78 is 15.0. The highest BCUT2D eigenvalue weighted by Gasteiger charge is 2.16. The molecule has 3 nitrogen and oxygen atoms in total. The number of aryl methyl sites for hydroxylation is 1. The van der Waals surface area contributed by atoms with Crippen molar-refractivity contribution in [1.82, 2.24) is 14.5 Å². The van der Waals surface area contributed by atoms with Crippen LogP contribution in [0.25, 0.3) is 16.9 Å². The summed E-state index contributed by atoms with van der Waals surface area (Å²) in [6.07, 6.45) is 2.06. The number of hydrogen-bond donors (Lipinski definition) is 0. The zero-order valence-electron chi connectivity index (χ0n) is 10.7. The van der Waals surface area contributed by atoms with Gasteiger partial charge < -0.3 is 0 Å². The van der Waals surface area contributed by atoms with Crippen molar-refractivity contribution in [2.75, 3.05) is 5.88 Å². The van der Waals surface area contributed by atoms with Gasteiger partial charge in [0.1, 0.15) is 17.2 Å². The minimum absolute atomic E-state index is 0.280. The van der Waals surface area contributed by atoms with E-state index in [1.54, 1.807) is 16.7 Å². The van der Waals surface area contributed by atoms with E-state index in [0.717, 1.165) is 0 Å². The van der Waals surface area contributed by atoms with E-state index in [1.807, 2.05) is 0 Å². The van der Waals surface area contributed by atoms with Crippen molar-refractivity contribution in [2.45, 2.75) is 6.42 Å². The van der Waals surface area contributed by atoms with Gasteiger partial charge in [-0.2, -0.15) is 0 Å². The Labute approximate surface area is 135 Å². The van der Waals surface area contributed by atoms with Crippen molar-refractivity contribution in [3.8, 4) is 5.69 Å². The smallest absolute Gasteiger partial charge is 0.164 e. The molecule has 0 unspecified atom stereocenters. The summed E-state index contributed by atoms with van der Waals surface area (Å²) in [5.74, 6) is 0.696. The van der Waals surface area contributed by atoms with Crippen LogP contribution in [0.5, 0.6) is 0 Å². The van der Waals surface area contributed by atoms with Crippen LogP contribution >= 0.6 is 34.8 Å². The first kappa shape index (κ1) is 14.6. The zero-order valence-corrected chi connectivity index (χ0v) is 12.9. The topological polar surface area (TPSA) is 30.7 Å². The molecule has 0 saturated carbocycles. The third-order valence-corrected chi connectivity index (χ3v) is 3.70. The Morgan fingerprint density at radius 2 is 2.00 bits per heavy atom. The number of aromatic nitrogens is 3. The summed E-state index contributed by atoms with van der Waals surface area (Å²) in [4.78, 5) is 8.78. The normalized spacial score (nSPS) is 11.2. The Morgan fingerprint density at radius 1 is 1.19 bits per heavy atom. The lowest BCUT2D eigenvalue weighted by Crippen LogP contribution is -2.04. The van der Waals surface area contributed by atoms with E-state index >= 15 is 0 Å². The van der Waals surface area contributed by atoms with Gasteiger partial charge >= 0.3 is 0 Å². The highest BCUT2D eigenvalue weighted by molar-refractivity contribution is 6.32. The number of fused-ring (bicyclic) bond motifs is 1. The van der Waals surface area contributed by atoms with Gasteiger partial charge in [-0.1, -0.05) is 23.2 Å². The second-order valence-corrected chi connectivity index (χ2v) is 5.62. The predicted molar refractivity (Wildman–Crippen MR) is 83.3 cm³/mol. The van der Waals surface area contributed by atoms with Gasteiger partial charge in [0.2, 0.25) is 0 Å². The monoisotopic (exact) mass is 343 g/mol. The molecule has 0 spiro atoms. The Balaban J connectivity index is 2.30. The average molecular weight is 345 g/mol. The van der Waals surface area contributed by atoms with Gasteiger partial charge in [-0.25, -0.2) is 14.4 Å². The van der Waals surface area contributed by atoms with Gasteiger partial charge in [0.15, 0.2) is 5.65 Å². The van der Waals surface area contributed by atoms with Crippen LogP contribution in [0.4, 0.5) is 4.39 Å². The summed E-state index contributed by atoms with van der Waals surface area (Å²) in [6, 6.07) is 5.90. The van der Waals surface area contributed by atoms with Crippen LogP contribution in [0.3, 0.4) is 0 Å². The molecule has 0 aliphatic carbocycles. The molecule has 7 heteroatoms. The van der Waals surface area contributed by atoms with Crippen LogP contribution in [0.2, 0.25) is 10.0 Å². The molecule has 2 aromatic heterocycles. The maximum Gasteiger partial charge on any atom is 0.164 e. The van der Waals surface area contributed by atoms with Gasteiger partial charge in [-0.3, -0.25) is 4.57 Å². The van der Waals surface area contributed by atoms with Gasteiger partial charge in [0, 0.05) is 18.5 Å². The largest absolute Gasteiger partial charge is 0.279 e. The van der Waals surface area contributed by atoms with Crippen molar-refractivity contribution in [1.29, 1.82) is 0 Å². The predicted octanol–water partition coefficient (Wildman–Crippen LogP) is 4.65. The van der Waals surface area contributed by atoms with Crippen molar-refractivity contribution in [3.63, 3.8) is 0 Å². The number of alkyl halides is 1. The van der Waals surface area contributed by atoms with Crippen LogP contribution in [0, 0.1) is 5.82 Å². The van der Waals surface area contributed by atoms with E-state index in [-0.39, 0.29) is 5.02 Å². The number of nitrogens with zero attached hydrogens (tertiary/aromatic N) is 3. The molecule has 0 amide bonds. The fraction of sp³-hybridized carbons (Fsp3) is 0.143. The van der Waals surface area contributed by atoms with E-state index in [9.17, 15) is 4.39 Å². The Morgan fingerprint density at radius 3 is 2.71 bits per heavy atom. The number of halogens is 4. The molecule has 0 saturated heterocycles. The molecule has 21 heavy (non-hydrogen) atoms. The lowest BCUT2D eigenvalue weighted by molar-refractivity contribution is 0.627. The fourth-order valence-electron chi connectivity index (χ4n) is 2.16. The lowest BCUT2D eigenvalue weighted by Gasteiger charge is -2.10. The molecular weight excluding hydrogens is 336 g/mol. The van der Waals surface area contributed by atoms with Crippen molar-refractivity contribution in [3.05, 3.63) is 52.1 Å². The zero-order chi connectivity index (χ0) is 15.0. The quantitative estimate of drug-likeness (QED) is 0.648. The number of rotatable bonds is 3. The van der Waals surface area contributed by atoms with Gasteiger partial charge in [-0.15, -0.1) is 11.6 Å². The molecule has 1 aromatic carbocycles. The molecule has 0 aliphatic rings. The number of benzene rings is 1. The van der Waals surface area contributed by atoms with Gasteiger partial charge in [0.05, 0.1) is 15.7 Å².